The third kappa shape index (κ3) is 4.25. The van der Waals surface area contributed by atoms with E-state index in [1.807, 2.05) is 0 Å². The van der Waals surface area contributed by atoms with Gasteiger partial charge < -0.3 is 14.6 Å². The summed E-state index contributed by atoms with van der Waals surface area (Å²) in [5.41, 5.74) is 0.445. The number of hydrogen-bond acceptors (Lipinski definition) is 7. The zero-order valence-electron chi connectivity index (χ0n) is 11.5. The molecule has 8 heteroatoms. The van der Waals surface area contributed by atoms with Gasteiger partial charge in [-0.15, -0.1) is 0 Å². The first kappa shape index (κ1) is 16.6. The molecule has 114 valence electrons. The minimum Gasteiger partial charge on any atom is -0.469 e. The number of nitro benzene ring substituents is 1. The van der Waals surface area contributed by atoms with E-state index in [-0.39, 0.29) is 12.1 Å². The zero-order valence-corrected chi connectivity index (χ0v) is 11.5. The number of nitro groups is 1. The summed E-state index contributed by atoms with van der Waals surface area (Å²) in [5, 5.41) is 20.4. The molecule has 0 amide bonds. The third-order valence-corrected chi connectivity index (χ3v) is 2.93. The first-order valence-corrected chi connectivity index (χ1v) is 5.97. The van der Waals surface area contributed by atoms with Crippen LogP contribution in [0.3, 0.4) is 0 Å². The van der Waals surface area contributed by atoms with Gasteiger partial charge in [-0.1, -0.05) is 12.1 Å². The highest BCUT2D eigenvalue weighted by Gasteiger charge is 2.34. The number of ether oxygens (including phenoxy) is 2. The Morgan fingerprint density at radius 1 is 1.19 bits per heavy atom. The Morgan fingerprint density at radius 3 is 2.14 bits per heavy atom. The third-order valence-electron chi connectivity index (χ3n) is 2.93. The van der Waals surface area contributed by atoms with Crippen molar-refractivity contribution in [1.82, 2.24) is 0 Å². The highest BCUT2D eigenvalue weighted by molar-refractivity contribution is 5.83. The number of carbonyl (C=O) groups is 2. The molecule has 0 fully saturated rings. The fourth-order valence-electron chi connectivity index (χ4n) is 1.77. The molecule has 1 rings (SSSR count). The molecule has 1 N–H and O–H groups in total. The summed E-state index contributed by atoms with van der Waals surface area (Å²) >= 11 is 0. The van der Waals surface area contributed by atoms with Gasteiger partial charge in [0.15, 0.2) is 6.10 Å². The van der Waals surface area contributed by atoms with Gasteiger partial charge in [-0.05, 0) is 12.0 Å². The summed E-state index contributed by atoms with van der Waals surface area (Å²) in [6.07, 6.45) is -1.68. The number of rotatable bonds is 6. The van der Waals surface area contributed by atoms with Crippen molar-refractivity contribution in [3.8, 4) is 0 Å². The topological polar surface area (TPSA) is 116 Å². The molecular weight excluding hydrogens is 282 g/mol. The molecule has 0 saturated carbocycles. The van der Waals surface area contributed by atoms with Crippen molar-refractivity contribution in [2.75, 3.05) is 14.2 Å². The maximum absolute atomic E-state index is 11.7. The van der Waals surface area contributed by atoms with E-state index < -0.39 is 28.9 Å². The van der Waals surface area contributed by atoms with Crippen molar-refractivity contribution in [3.05, 3.63) is 39.9 Å². The Bertz CT molecular complexity index is 526. The average molecular weight is 297 g/mol. The van der Waals surface area contributed by atoms with E-state index in [0.717, 1.165) is 14.2 Å². The second-order valence-electron chi connectivity index (χ2n) is 4.23. The largest absolute Gasteiger partial charge is 0.469 e. The van der Waals surface area contributed by atoms with E-state index in [0.29, 0.717) is 5.56 Å². The lowest BCUT2D eigenvalue weighted by Gasteiger charge is -2.18. The van der Waals surface area contributed by atoms with Crippen molar-refractivity contribution in [2.24, 2.45) is 5.92 Å². The van der Waals surface area contributed by atoms with Crippen LogP contribution in [-0.4, -0.2) is 42.3 Å². The van der Waals surface area contributed by atoms with Crippen LogP contribution in [0.4, 0.5) is 5.69 Å². The Kier molecular flexibility index (Phi) is 5.79. The first-order valence-electron chi connectivity index (χ1n) is 5.97. The minimum absolute atomic E-state index is 0.0130. The lowest BCUT2D eigenvalue weighted by atomic mass is 9.94. The van der Waals surface area contributed by atoms with E-state index in [2.05, 4.69) is 9.47 Å². The van der Waals surface area contributed by atoms with Gasteiger partial charge >= 0.3 is 11.9 Å². The fraction of sp³-hybridized carbons (Fsp3) is 0.385. The van der Waals surface area contributed by atoms with E-state index in [1.165, 1.54) is 24.3 Å². The number of aliphatic hydroxyl groups excluding tert-OH is 1. The van der Waals surface area contributed by atoms with E-state index in [4.69, 9.17) is 0 Å². The van der Waals surface area contributed by atoms with Crippen molar-refractivity contribution in [1.29, 1.82) is 0 Å². The van der Waals surface area contributed by atoms with Gasteiger partial charge in [0.05, 0.1) is 25.1 Å². The maximum Gasteiger partial charge on any atom is 0.335 e. The molecule has 0 aromatic heterocycles. The lowest BCUT2D eigenvalue weighted by Crippen LogP contribution is -2.37. The molecule has 2 atom stereocenters. The molecule has 8 nitrogen and oxygen atoms in total. The smallest absolute Gasteiger partial charge is 0.335 e. The highest BCUT2D eigenvalue weighted by atomic mass is 16.6. The van der Waals surface area contributed by atoms with E-state index >= 15 is 0 Å². The second-order valence-corrected chi connectivity index (χ2v) is 4.23. The normalized spacial score (nSPS) is 13.1. The SMILES string of the molecule is COC(=O)C(O)C(Cc1ccc([N+](=O)[O-])cc1)C(=O)OC. The van der Waals surface area contributed by atoms with Gasteiger partial charge in [0.25, 0.3) is 5.69 Å². The van der Waals surface area contributed by atoms with Crippen LogP contribution >= 0.6 is 0 Å². The van der Waals surface area contributed by atoms with Gasteiger partial charge in [-0.2, -0.15) is 0 Å². The molecule has 0 bridgehead atoms. The Labute approximate surface area is 120 Å². The highest BCUT2D eigenvalue weighted by Crippen LogP contribution is 2.18. The monoisotopic (exact) mass is 297 g/mol. The predicted octanol–water partition coefficient (Wildman–Crippen LogP) is 0.460. The van der Waals surface area contributed by atoms with Gasteiger partial charge in [0.1, 0.15) is 0 Å². The standard InChI is InChI=1S/C13H15NO7/c1-20-12(16)10(11(15)13(17)21-2)7-8-3-5-9(6-4-8)14(18)19/h3-6,10-11,15H,7H2,1-2H3. The molecule has 0 radical (unpaired) electrons. The Balaban J connectivity index is 2.93. The number of esters is 2. The van der Waals surface area contributed by atoms with E-state index in [9.17, 15) is 24.8 Å². The minimum atomic E-state index is -1.67. The van der Waals surface area contributed by atoms with Crippen LogP contribution in [0.2, 0.25) is 0 Å². The van der Waals surface area contributed by atoms with Crippen LogP contribution < -0.4 is 0 Å². The number of carbonyl (C=O) groups excluding carboxylic acids is 2. The number of nitrogens with zero attached hydrogens (tertiary/aromatic N) is 1. The summed E-state index contributed by atoms with van der Waals surface area (Å²) in [5.74, 6) is -2.87. The Hall–Kier alpha value is -2.48. The summed E-state index contributed by atoms with van der Waals surface area (Å²) in [6, 6.07) is 5.43. The van der Waals surface area contributed by atoms with Crippen LogP contribution in [0.25, 0.3) is 0 Å². The number of aliphatic hydroxyl groups is 1. The molecule has 21 heavy (non-hydrogen) atoms. The number of non-ortho nitro benzene ring substituents is 1. The van der Waals surface area contributed by atoms with Crippen molar-refractivity contribution >= 4 is 17.6 Å². The van der Waals surface area contributed by atoms with Crippen molar-refractivity contribution in [2.45, 2.75) is 12.5 Å². The molecule has 0 heterocycles. The van der Waals surface area contributed by atoms with Crippen LogP contribution in [-0.2, 0) is 25.5 Å². The summed E-state index contributed by atoms with van der Waals surface area (Å²) in [4.78, 5) is 33.0. The predicted molar refractivity (Wildman–Crippen MR) is 70.3 cm³/mol. The number of hydrogen-bond donors (Lipinski definition) is 1. The quantitative estimate of drug-likeness (QED) is 0.460. The molecule has 0 spiro atoms. The van der Waals surface area contributed by atoms with Gasteiger partial charge in [0, 0.05) is 12.1 Å². The number of methoxy groups -OCH3 is 2. The van der Waals surface area contributed by atoms with Crippen molar-refractivity contribution in [3.63, 3.8) is 0 Å². The molecular formula is C13H15NO7. The summed E-state index contributed by atoms with van der Waals surface area (Å²) < 4.78 is 8.94. The lowest BCUT2D eigenvalue weighted by molar-refractivity contribution is -0.384. The second kappa shape index (κ2) is 7.34. The molecule has 0 aliphatic heterocycles. The van der Waals surface area contributed by atoms with Gasteiger partial charge in [0.2, 0.25) is 0 Å². The van der Waals surface area contributed by atoms with Crippen molar-refractivity contribution < 1.29 is 29.1 Å². The maximum atomic E-state index is 11.7. The van der Waals surface area contributed by atoms with Crippen LogP contribution in [0.5, 0.6) is 0 Å². The molecule has 2 unspecified atom stereocenters. The average Bonchev–Trinajstić information content (AvgIpc) is 2.50. The van der Waals surface area contributed by atoms with Gasteiger partial charge in [-0.3, -0.25) is 14.9 Å². The first-order chi connectivity index (χ1) is 9.90. The summed E-state index contributed by atoms with van der Waals surface area (Å²) in [7, 11) is 2.22. The zero-order chi connectivity index (χ0) is 16.0. The fourth-order valence-corrected chi connectivity index (χ4v) is 1.77. The summed E-state index contributed by atoms with van der Waals surface area (Å²) in [6.45, 7) is 0. The molecule has 0 aliphatic carbocycles. The molecule has 0 saturated heterocycles. The van der Waals surface area contributed by atoms with Crippen LogP contribution in [0.15, 0.2) is 24.3 Å². The van der Waals surface area contributed by atoms with Crippen LogP contribution in [0, 0.1) is 16.0 Å². The Morgan fingerprint density at radius 2 is 1.71 bits per heavy atom. The van der Waals surface area contributed by atoms with Crippen LogP contribution in [0.1, 0.15) is 5.56 Å². The molecule has 1 aromatic carbocycles. The molecule has 0 aliphatic rings. The molecule has 1 aromatic rings. The van der Waals surface area contributed by atoms with E-state index in [1.54, 1.807) is 0 Å². The number of benzene rings is 1. The van der Waals surface area contributed by atoms with Gasteiger partial charge in [-0.25, -0.2) is 4.79 Å².